The SMILES string of the molecule is CC(=O)c1cccc(NC(=O)COC(=O)[C@H](C)N2C(=O)[C@@H]3[C@H]4CC[C@@H](C4)[C@H]3C2=O)c1. The topological polar surface area (TPSA) is 110 Å². The number of carbonyl (C=O) groups excluding carboxylic acids is 5. The zero-order chi connectivity index (χ0) is 21.6. The number of rotatable bonds is 6. The lowest BCUT2D eigenvalue weighted by molar-refractivity contribution is -0.159. The number of Topliss-reactive ketones (excluding diaryl/α,β-unsaturated/α-hetero) is 1. The highest BCUT2D eigenvalue weighted by Gasteiger charge is 2.62. The number of imide groups is 1. The van der Waals surface area contributed by atoms with Crippen LogP contribution in [-0.2, 0) is 23.9 Å². The number of nitrogens with one attached hydrogen (secondary N) is 1. The van der Waals surface area contributed by atoms with Gasteiger partial charge in [0.2, 0.25) is 11.8 Å². The summed E-state index contributed by atoms with van der Waals surface area (Å²) < 4.78 is 5.05. The third kappa shape index (κ3) is 3.40. The first kappa shape index (κ1) is 20.3. The third-order valence-electron chi connectivity index (χ3n) is 6.59. The van der Waals surface area contributed by atoms with Crippen LogP contribution in [0.5, 0.6) is 0 Å². The minimum atomic E-state index is -1.07. The van der Waals surface area contributed by atoms with Crippen molar-refractivity contribution in [3.05, 3.63) is 29.8 Å². The van der Waals surface area contributed by atoms with Crippen molar-refractivity contribution in [1.82, 2.24) is 4.90 Å². The molecular weight excluding hydrogens is 388 g/mol. The van der Waals surface area contributed by atoms with E-state index in [1.165, 1.54) is 19.9 Å². The molecule has 1 aliphatic heterocycles. The lowest BCUT2D eigenvalue weighted by Crippen LogP contribution is -2.45. The third-order valence-corrected chi connectivity index (χ3v) is 6.59. The van der Waals surface area contributed by atoms with Crippen LogP contribution in [0, 0.1) is 23.7 Å². The van der Waals surface area contributed by atoms with Gasteiger partial charge in [-0.3, -0.25) is 24.1 Å². The van der Waals surface area contributed by atoms with Crippen molar-refractivity contribution in [3.63, 3.8) is 0 Å². The Morgan fingerprint density at radius 1 is 1.13 bits per heavy atom. The molecule has 1 N–H and O–H groups in total. The number of ketones is 1. The van der Waals surface area contributed by atoms with Gasteiger partial charge in [-0.15, -0.1) is 0 Å². The highest BCUT2D eigenvalue weighted by Crippen LogP contribution is 2.56. The number of esters is 1. The monoisotopic (exact) mass is 412 g/mol. The predicted octanol–water partition coefficient (Wildman–Crippen LogP) is 1.79. The molecule has 8 nitrogen and oxygen atoms in total. The molecule has 2 saturated carbocycles. The van der Waals surface area contributed by atoms with Crippen LogP contribution >= 0.6 is 0 Å². The average molecular weight is 412 g/mol. The standard InChI is InChI=1S/C22H24N2O6/c1-11(24-20(27)18-14-6-7-15(8-14)19(18)21(24)28)22(29)30-10-17(26)23-16-5-3-4-13(9-16)12(2)25/h3-5,9,11,14-15,18-19H,6-8,10H2,1-2H3,(H,23,26)/t11-,14-,15-,18+,19+/m0/s1. The Bertz CT molecular complexity index is 913. The fraction of sp³-hybridized carbons (Fsp3) is 0.500. The van der Waals surface area contributed by atoms with Crippen LogP contribution in [0.1, 0.15) is 43.5 Å². The van der Waals surface area contributed by atoms with E-state index in [0.29, 0.717) is 11.3 Å². The molecule has 4 rings (SSSR count). The Hall–Kier alpha value is -3.03. The van der Waals surface area contributed by atoms with Crippen molar-refractivity contribution in [3.8, 4) is 0 Å². The maximum Gasteiger partial charge on any atom is 0.329 e. The number of hydrogen-bond donors (Lipinski definition) is 1. The fourth-order valence-corrected chi connectivity index (χ4v) is 5.19. The van der Waals surface area contributed by atoms with E-state index >= 15 is 0 Å². The zero-order valence-corrected chi connectivity index (χ0v) is 16.9. The number of likely N-dealkylation sites (tertiary alicyclic amines) is 1. The van der Waals surface area contributed by atoms with Gasteiger partial charge in [-0.1, -0.05) is 12.1 Å². The summed E-state index contributed by atoms with van der Waals surface area (Å²) in [6.45, 7) is 2.32. The summed E-state index contributed by atoms with van der Waals surface area (Å²) in [5.74, 6) is -2.21. The van der Waals surface area contributed by atoms with Gasteiger partial charge in [-0.2, -0.15) is 0 Å². The van der Waals surface area contributed by atoms with E-state index < -0.39 is 24.5 Å². The molecule has 2 aliphatic carbocycles. The summed E-state index contributed by atoms with van der Waals surface area (Å²) in [7, 11) is 0. The van der Waals surface area contributed by atoms with Crippen molar-refractivity contribution in [2.75, 3.05) is 11.9 Å². The van der Waals surface area contributed by atoms with Gasteiger partial charge < -0.3 is 10.1 Å². The highest BCUT2D eigenvalue weighted by atomic mass is 16.5. The van der Waals surface area contributed by atoms with Crippen molar-refractivity contribution in [1.29, 1.82) is 0 Å². The van der Waals surface area contributed by atoms with Crippen molar-refractivity contribution < 1.29 is 28.7 Å². The summed E-state index contributed by atoms with van der Waals surface area (Å²) >= 11 is 0. The number of nitrogens with zero attached hydrogens (tertiary/aromatic N) is 1. The molecule has 30 heavy (non-hydrogen) atoms. The Labute approximate surface area is 173 Å². The number of anilines is 1. The molecule has 2 bridgehead atoms. The first-order valence-electron chi connectivity index (χ1n) is 10.2. The second-order valence-corrected chi connectivity index (χ2v) is 8.40. The van der Waals surface area contributed by atoms with Crippen LogP contribution in [0.25, 0.3) is 0 Å². The lowest BCUT2D eigenvalue weighted by atomic mass is 9.81. The first-order chi connectivity index (χ1) is 14.3. The minimum Gasteiger partial charge on any atom is -0.454 e. The summed E-state index contributed by atoms with van der Waals surface area (Å²) in [4.78, 5) is 62.6. The summed E-state index contributed by atoms with van der Waals surface area (Å²) in [6.07, 6.45) is 2.84. The van der Waals surface area contributed by atoms with Crippen molar-refractivity contribution in [2.24, 2.45) is 23.7 Å². The largest absolute Gasteiger partial charge is 0.454 e. The molecule has 0 aromatic heterocycles. The number of hydrogen-bond acceptors (Lipinski definition) is 6. The molecule has 1 aromatic rings. The Kier molecular flexibility index (Phi) is 5.17. The molecule has 0 unspecified atom stereocenters. The molecule has 3 amide bonds. The van der Waals surface area contributed by atoms with E-state index in [1.54, 1.807) is 18.2 Å². The first-order valence-corrected chi connectivity index (χ1v) is 10.2. The maximum atomic E-state index is 12.8. The van der Waals surface area contributed by atoms with Gasteiger partial charge in [0.05, 0.1) is 11.8 Å². The van der Waals surface area contributed by atoms with Crippen LogP contribution in [0.2, 0.25) is 0 Å². The summed E-state index contributed by atoms with van der Waals surface area (Å²) in [5.41, 5.74) is 0.856. The van der Waals surface area contributed by atoms with Gasteiger partial charge >= 0.3 is 5.97 Å². The van der Waals surface area contributed by atoms with Crippen LogP contribution in [0.4, 0.5) is 5.69 Å². The molecule has 3 aliphatic rings. The van der Waals surface area contributed by atoms with E-state index in [4.69, 9.17) is 4.74 Å². The molecule has 0 radical (unpaired) electrons. The number of amides is 3. The van der Waals surface area contributed by atoms with E-state index in [9.17, 15) is 24.0 Å². The maximum absolute atomic E-state index is 12.8. The number of carbonyl (C=O) groups is 5. The smallest absolute Gasteiger partial charge is 0.329 e. The molecule has 1 aromatic carbocycles. The number of ether oxygens (including phenoxy) is 1. The zero-order valence-electron chi connectivity index (χ0n) is 16.9. The molecule has 158 valence electrons. The van der Waals surface area contributed by atoms with Gasteiger partial charge in [-0.05, 0) is 57.1 Å². The van der Waals surface area contributed by atoms with Gasteiger partial charge in [-0.25, -0.2) is 4.79 Å². The van der Waals surface area contributed by atoms with Gasteiger partial charge in [0.25, 0.3) is 5.91 Å². The average Bonchev–Trinajstić information content (AvgIpc) is 3.39. The predicted molar refractivity (Wildman–Crippen MR) is 105 cm³/mol. The molecular formula is C22H24N2O6. The lowest BCUT2D eigenvalue weighted by Gasteiger charge is -2.23. The quantitative estimate of drug-likeness (QED) is 0.433. The van der Waals surface area contributed by atoms with Crippen LogP contribution in [0.15, 0.2) is 24.3 Å². The van der Waals surface area contributed by atoms with Crippen LogP contribution < -0.4 is 5.32 Å². The Morgan fingerprint density at radius 2 is 1.77 bits per heavy atom. The number of fused-ring (bicyclic) bond motifs is 5. The van der Waals surface area contributed by atoms with E-state index in [0.717, 1.165) is 24.2 Å². The van der Waals surface area contributed by atoms with Crippen LogP contribution in [-0.4, -0.2) is 47.0 Å². The number of benzene rings is 1. The normalized spacial score (nSPS) is 27.7. The Morgan fingerprint density at radius 3 is 2.37 bits per heavy atom. The van der Waals surface area contributed by atoms with Gasteiger partial charge in [0.1, 0.15) is 6.04 Å². The molecule has 1 heterocycles. The van der Waals surface area contributed by atoms with E-state index in [-0.39, 0.29) is 41.3 Å². The van der Waals surface area contributed by atoms with Gasteiger partial charge in [0.15, 0.2) is 12.4 Å². The van der Waals surface area contributed by atoms with Gasteiger partial charge in [0, 0.05) is 11.3 Å². The molecule has 5 atom stereocenters. The van der Waals surface area contributed by atoms with Crippen LogP contribution in [0.3, 0.4) is 0 Å². The second-order valence-electron chi connectivity index (χ2n) is 8.40. The highest BCUT2D eigenvalue weighted by molar-refractivity contribution is 6.08. The molecule has 3 fully saturated rings. The van der Waals surface area contributed by atoms with Crippen molar-refractivity contribution >= 4 is 35.2 Å². The van der Waals surface area contributed by atoms with E-state index in [2.05, 4.69) is 5.32 Å². The molecule has 0 spiro atoms. The Balaban J connectivity index is 1.33. The minimum absolute atomic E-state index is 0.135. The summed E-state index contributed by atoms with van der Waals surface area (Å²) in [5, 5.41) is 2.55. The fourth-order valence-electron chi connectivity index (χ4n) is 5.19. The summed E-state index contributed by atoms with van der Waals surface area (Å²) in [6, 6.07) is 5.34. The van der Waals surface area contributed by atoms with E-state index in [1.807, 2.05) is 0 Å². The van der Waals surface area contributed by atoms with Crippen molar-refractivity contribution in [2.45, 2.75) is 39.2 Å². The molecule has 1 saturated heterocycles. The second kappa shape index (κ2) is 7.66. The molecule has 8 heteroatoms.